The highest BCUT2D eigenvalue weighted by atomic mass is 16.4. The van der Waals surface area contributed by atoms with Crippen molar-refractivity contribution in [2.75, 3.05) is 0 Å². The van der Waals surface area contributed by atoms with E-state index in [1.165, 1.54) is 0 Å². The van der Waals surface area contributed by atoms with Gasteiger partial charge in [-0.15, -0.1) is 0 Å². The average molecular weight is 275 g/mol. The zero-order valence-corrected chi connectivity index (χ0v) is 11.8. The van der Waals surface area contributed by atoms with Crippen LogP contribution in [0.15, 0.2) is 24.3 Å². The number of aliphatic carboxylic acids is 1. The van der Waals surface area contributed by atoms with Crippen molar-refractivity contribution in [2.45, 2.75) is 45.1 Å². The predicted molar refractivity (Wildman–Crippen MR) is 76.6 cm³/mol. The molecule has 1 aromatic carbocycles. The molecule has 1 amide bonds. The van der Waals surface area contributed by atoms with Crippen molar-refractivity contribution in [3.63, 3.8) is 0 Å². The van der Waals surface area contributed by atoms with Crippen LogP contribution in [-0.2, 0) is 4.79 Å². The predicted octanol–water partition coefficient (Wildman–Crippen LogP) is 2.76. The Balaban J connectivity index is 2.07. The lowest BCUT2D eigenvalue weighted by Gasteiger charge is -2.22. The smallest absolute Gasteiger partial charge is 0.308 e. The summed E-state index contributed by atoms with van der Waals surface area (Å²) in [7, 11) is 0. The van der Waals surface area contributed by atoms with Crippen LogP contribution < -0.4 is 5.32 Å². The number of carboxylic acids is 1. The molecule has 0 aliphatic heterocycles. The molecule has 1 saturated carbocycles. The average Bonchev–Trinajstić information content (AvgIpc) is 2.65. The van der Waals surface area contributed by atoms with Gasteiger partial charge in [-0.1, -0.05) is 37.0 Å². The second kappa shape index (κ2) is 6.55. The first kappa shape index (κ1) is 14.6. The van der Waals surface area contributed by atoms with E-state index in [1.807, 2.05) is 19.1 Å². The zero-order chi connectivity index (χ0) is 14.5. The van der Waals surface area contributed by atoms with Crippen molar-refractivity contribution in [2.24, 2.45) is 5.92 Å². The van der Waals surface area contributed by atoms with Crippen molar-refractivity contribution in [1.82, 2.24) is 5.32 Å². The Morgan fingerprint density at radius 3 is 2.40 bits per heavy atom. The zero-order valence-electron chi connectivity index (χ0n) is 11.8. The fourth-order valence-corrected chi connectivity index (χ4v) is 2.73. The lowest BCUT2D eigenvalue weighted by Crippen LogP contribution is -2.42. The molecule has 1 fully saturated rings. The number of rotatable bonds is 3. The van der Waals surface area contributed by atoms with Gasteiger partial charge in [-0.25, -0.2) is 0 Å². The summed E-state index contributed by atoms with van der Waals surface area (Å²) in [5, 5.41) is 12.2. The van der Waals surface area contributed by atoms with Gasteiger partial charge in [-0.05, 0) is 31.9 Å². The van der Waals surface area contributed by atoms with E-state index < -0.39 is 11.9 Å². The van der Waals surface area contributed by atoms with E-state index in [0.29, 0.717) is 12.0 Å². The minimum absolute atomic E-state index is 0.178. The summed E-state index contributed by atoms with van der Waals surface area (Å²) >= 11 is 0. The number of carbonyl (C=O) groups excluding carboxylic acids is 1. The number of benzene rings is 1. The Morgan fingerprint density at radius 1 is 1.10 bits per heavy atom. The van der Waals surface area contributed by atoms with Gasteiger partial charge in [0.25, 0.3) is 5.91 Å². The van der Waals surface area contributed by atoms with Crippen LogP contribution in [0, 0.1) is 12.8 Å². The van der Waals surface area contributed by atoms with E-state index in [4.69, 9.17) is 0 Å². The van der Waals surface area contributed by atoms with Gasteiger partial charge in [0.05, 0.1) is 5.92 Å². The van der Waals surface area contributed by atoms with E-state index in [2.05, 4.69) is 5.32 Å². The molecule has 20 heavy (non-hydrogen) atoms. The molecule has 0 bridgehead atoms. The van der Waals surface area contributed by atoms with Gasteiger partial charge >= 0.3 is 5.97 Å². The lowest BCUT2D eigenvalue weighted by atomic mass is 9.94. The molecular formula is C16H21NO3. The van der Waals surface area contributed by atoms with Crippen molar-refractivity contribution < 1.29 is 14.7 Å². The normalized spacial score (nSPS) is 22.9. The van der Waals surface area contributed by atoms with Crippen molar-refractivity contribution in [3.05, 3.63) is 35.4 Å². The highest BCUT2D eigenvalue weighted by molar-refractivity contribution is 5.94. The molecule has 0 unspecified atom stereocenters. The number of carboxylic acid groups (broad SMARTS) is 1. The first-order valence-electron chi connectivity index (χ1n) is 7.18. The second-order valence-electron chi connectivity index (χ2n) is 5.53. The number of carbonyl (C=O) groups is 2. The van der Waals surface area contributed by atoms with Crippen LogP contribution in [0.5, 0.6) is 0 Å². The van der Waals surface area contributed by atoms with Crippen LogP contribution in [0.4, 0.5) is 0 Å². The summed E-state index contributed by atoms with van der Waals surface area (Å²) in [4.78, 5) is 23.5. The Kier molecular flexibility index (Phi) is 4.77. The monoisotopic (exact) mass is 275 g/mol. The Hall–Kier alpha value is -1.84. The number of nitrogens with one attached hydrogen (secondary N) is 1. The van der Waals surface area contributed by atoms with Crippen LogP contribution in [0.1, 0.15) is 48.0 Å². The SMILES string of the molecule is Cc1ccc(C(=O)N[C@H]2CCCCC[C@H]2C(=O)O)cc1. The standard InChI is InChI=1S/C16H21NO3/c1-11-7-9-12(10-8-11)15(18)17-14-6-4-2-3-5-13(14)16(19)20/h7-10,13-14H,2-6H2,1H3,(H,17,18)(H,19,20)/t13-,14+/m1/s1. The second-order valence-corrected chi connectivity index (χ2v) is 5.53. The first-order valence-corrected chi connectivity index (χ1v) is 7.18. The van der Waals surface area contributed by atoms with Gasteiger partial charge in [0.15, 0.2) is 0 Å². The topological polar surface area (TPSA) is 66.4 Å². The maximum absolute atomic E-state index is 12.2. The molecular weight excluding hydrogens is 254 g/mol. The van der Waals surface area contributed by atoms with Crippen LogP contribution in [0.2, 0.25) is 0 Å². The fourth-order valence-electron chi connectivity index (χ4n) is 2.73. The summed E-state index contributed by atoms with van der Waals surface area (Å²) in [6.07, 6.45) is 4.33. The molecule has 1 aliphatic carbocycles. The van der Waals surface area contributed by atoms with Crippen molar-refractivity contribution >= 4 is 11.9 Å². The highest BCUT2D eigenvalue weighted by Crippen LogP contribution is 2.24. The van der Waals surface area contributed by atoms with Crippen LogP contribution in [-0.4, -0.2) is 23.0 Å². The summed E-state index contributed by atoms with van der Waals surface area (Å²) in [6, 6.07) is 7.06. The minimum Gasteiger partial charge on any atom is -0.481 e. The molecule has 0 heterocycles. The molecule has 0 aromatic heterocycles. The molecule has 2 rings (SSSR count). The van der Waals surface area contributed by atoms with Gasteiger partial charge in [-0.2, -0.15) is 0 Å². The van der Waals surface area contributed by atoms with Gasteiger partial charge in [0.2, 0.25) is 0 Å². The fraction of sp³-hybridized carbons (Fsp3) is 0.500. The van der Waals surface area contributed by atoms with E-state index in [-0.39, 0.29) is 11.9 Å². The quantitative estimate of drug-likeness (QED) is 0.834. The number of aryl methyl sites for hydroxylation is 1. The highest BCUT2D eigenvalue weighted by Gasteiger charge is 2.30. The maximum Gasteiger partial charge on any atom is 0.308 e. The third-order valence-corrected chi connectivity index (χ3v) is 3.96. The van der Waals surface area contributed by atoms with E-state index in [0.717, 1.165) is 31.2 Å². The molecule has 4 heteroatoms. The molecule has 0 spiro atoms. The first-order chi connectivity index (χ1) is 9.58. The third kappa shape index (κ3) is 3.59. The summed E-state index contributed by atoms with van der Waals surface area (Å²) in [5.74, 6) is -1.45. The van der Waals surface area contributed by atoms with Crippen molar-refractivity contribution in [1.29, 1.82) is 0 Å². The van der Waals surface area contributed by atoms with Gasteiger partial charge < -0.3 is 10.4 Å². The molecule has 2 atom stereocenters. The third-order valence-electron chi connectivity index (χ3n) is 3.96. The Morgan fingerprint density at radius 2 is 1.75 bits per heavy atom. The van der Waals surface area contributed by atoms with Crippen LogP contribution in [0.3, 0.4) is 0 Å². The summed E-state index contributed by atoms with van der Waals surface area (Å²) < 4.78 is 0. The van der Waals surface area contributed by atoms with E-state index in [9.17, 15) is 14.7 Å². The molecule has 0 saturated heterocycles. The molecule has 1 aliphatic rings. The molecule has 2 N–H and O–H groups in total. The maximum atomic E-state index is 12.2. The van der Waals surface area contributed by atoms with Crippen molar-refractivity contribution in [3.8, 4) is 0 Å². The summed E-state index contributed by atoms with van der Waals surface area (Å²) in [6.45, 7) is 1.97. The van der Waals surface area contributed by atoms with Gasteiger partial charge in [-0.3, -0.25) is 9.59 Å². The van der Waals surface area contributed by atoms with E-state index >= 15 is 0 Å². The number of hydrogen-bond donors (Lipinski definition) is 2. The number of amides is 1. The van der Waals surface area contributed by atoms with E-state index in [1.54, 1.807) is 12.1 Å². The molecule has 4 nitrogen and oxygen atoms in total. The largest absolute Gasteiger partial charge is 0.481 e. The van der Waals surface area contributed by atoms with Crippen LogP contribution in [0.25, 0.3) is 0 Å². The summed E-state index contributed by atoms with van der Waals surface area (Å²) in [5.41, 5.74) is 1.68. The lowest BCUT2D eigenvalue weighted by molar-refractivity contribution is -0.142. The number of hydrogen-bond acceptors (Lipinski definition) is 2. The van der Waals surface area contributed by atoms with Gasteiger partial charge in [0, 0.05) is 11.6 Å². The molecule has 108 valence electrons. The molecule has 1 aromatic rings. The Labute approximate surface area is 119 Å². The van der Waals surface area contributed by atoms with Gasteiger partial charge in [0.1, 0.15) is 0 Å². The van der Waals surface area contributed by atoms with Crippen LogP contribution >= 0.6 is 0 Å². The molecule has 0 radical (unpaired) electrons. The Bertz CT molecular complexity index is 481. The minimum atomic E-state index is -0.805.